The average Bonchev–Trinajstić information content (AvgIpc) is 2.59. The highest BCUT2D eigenvalue weighted by molar-refractivity contribution is 7.10. The van der Waals surface area contributed by atoms with E-state index in [9.17, 15) is 0 Å². The number of nitrogen functional groups attached to an aromatic ring is 1. The van der Waals surface area contributed by atoms with Crippen LogP contribution in [0.2, 0.25) is 0 Å². The highest BCUT2D eigenvalue weighted by Crippen LogP contribution is 2.18. The molecule has 0 saturated heterocycles. The van der Waals surface area contributed by atoms with Gasteiger partial charge in [-0.2, -0.15) is 0 Å². The van der Waals surface area contributed by atoms with E-state index < -0.39 is 0 Å². The monoisotopic (exact) mass is 208 g/mol. The second-order valence-corrected chi connectivity index (χ2v) is 4.19. The van der Waals surface area contributed by atoms with E-state index in [1.54, 1.807) is 11.3 Å². The zero-order chi connectivity index (χ0) is 10.4. The third kappa shape index (κ3) is 3.06. The minimum atomic E-state index is 0.168. The number of anilines is 1. The number of nitrogens with one attached hydrogen (secondary N) is 1. The Labute approximate surface area is 89.5 Å². The van der Waals surface area contributed by atoms with Crippen LogP contribution in [0.25, 0.3) is 0 Å². The van der Waals surface area contributed by atoms with Gasteiger partial charge in [-0.15, -0.1) is 17.8 Å². The van der Waals surface area contributed by atoms with Gasteiger partial charge in [-0.05, 0) is 17.9 Å². The van der Waals surface area contributed by atoms with Crippen molar-refractivity contribution in [3.8, 4) is 12.3 Å². The van der Waals surface area contributed by atoms with E-state index in [0.29, 0.717) is 0 Å². The van der Waals surface area contributed by atoms with Gasteiger partial charge in [0, 0.05) is 17.1 Å². The number of rotatable bonds is 5. The molecule has 1 aromatic rings. The van der Waals surface area contributed by atoms with Crippen LogP contribution in [-0.2, 0) is 6.54 Å². The minimum Gasteiger partial charge on any atom is -0.398 e. The molecule has 2 nitrogen and oxygen atoms in total. The summed E-state index contributed by atoms with van der Waals surface area (Å²) in [7, 11) is 0. The third-order valence-corrected chi connectivity index (χ3v) is 3.00. The highest BCUT2D eigenvalue weighted by atomic mass is 32.1. The molecule has 3 N–H and O–H groups in total. The maximum absolute atomic E-state index is 5.76. The summed E-state index contributed by atoms with van der Waals surface area (Å²) in [6.45, 7) is 2.91. The first-order chi connectivity index (χ1) is 6.77. The quantitative estimate of drug-likeness (QED) is 0.728. The van der Waals surface area contributed by atoms with Crippen molar-refractivity contribution in [2.24, 2.45) is 0 Å². The van der Waals surface area contributed by atoms with Crippen LogP contribution >= 0.6 is 11.3 Å². The van der Waals surface area contributed by atoms with Crippen molar-refractivity contribution in [2.45, 2.75) is 32.4 Å². The standard InChI is InChI=1S/C11H16N2S/c1-3-5-9(4-2)13-8-11-10(12)6-7-14-11/h2,6-7,9,13H,3,5,8,12H2,1H3. The molecule has 0 spiro atoms. The normalized spacial score (nSPS) is 12.3. The van der Waals surface area contributed by atoms with Crippen molar-refractivity contribution in [3.05, 3.63) is 16.3 Å². The number of hydrogen-bond acceptors (Lipinski definition) is 3. The summed E-state index contributed by atoms with van der Waals surface area (Å²) in [4.78, 5) is 1.17. The zero-order valence-corrected chi connectivity index (χ0v) is 9.23. The first-order valence-electron chi connectivity index (χ1n) is 4.79. The maximum atomic E-state index is 5.76. The van der Waals surface area contributed by atoms with Gasteiger partial charge in [-0.1, -0.05) is 19.3 Å². The van der Waals surface area contributed by atoms with E-state index in [4.69, 9.17) is 12.2 Å². The van der Waals surface area contributed by atoms with Crippen LogP contribution in [0.3, 0.4) is 0 Å². The first-order valence-corrected chi connectivity index (χ1v) is 5.67. The lowest BCUT2D eigenvalue weighted by Crippen LogP contribution is -2.26. The minimum absolute atomic E-state index is 0.168. The predicted molar refractivity (Wildman–Crippen MR) is 63.1 cm³/mol. The van der Waals surface area contributed by atoms with Crippen LogP contribution in [0.15, 0.2) is 11.4 Å². The summed E-state index contributed by atoms with van der Waals surface area (Å²) in [5, 5.41) is 5.30. The van der Waals surface area contributed by atoms with E-state index in [1.165, 1.54) is 4.88 Å². The molecular weight excluding hydrogens is 192 g/mol. The van der Waals surface area contributed by atoms with Crippen LogP contribution in [0.4, 0.5) is 5.69 Å². The fourth-order valence-corrected chi connectivity index (χ4v) is 1.99. The molecule has 0 radical (unpaired) electrons. The van der Waals surface area contributed by atoms with Crippen LogP contribution < -0.4 is 11.1 Å². The summed E-state index contributed by atoms with van der Waals surface area (Å²) < 4.78 is 0. The van der Waals surface area contributed by atoms with Gasteiger partial charge in [-0.25, -0.2) is 0 Å². The van der Waals surface area contributed by atoms with E-state index in [0.717, 1.165) is 25.1 Å². The molecule has 0 fully saturated rings. The Balaban J connectivity index is 2.40. The van der Waals surface area contributed by atoms with Crippen LogP contribution in [0.5, 0.6) is 0 Å². The maximum Gasteiger partial charge on any atom is 0.0689 e. The Morgan fingerprint density at radius 2 is 2.50 bits per heavy atom. The Kier molecular flexibility index (Phi) is 4.51. The first kappa shape index (κ1) is 11.1. The summed E-state index contributed by atoms with van der Waals surface area (Å²) in [5.41, 5.74) is 6.62. The Morgan fingerprint density at radius 1 is 1.71 bits per heavy atom. The summed E-state index contributed by atoms with van der Waals surface area (Å²) in [6.07, 6.45) is 7.51. The topological polar surface area (TPSA) is 38.0 Å². The molecule has 76 valence electrons. The van der Waals surface area contributed by atoms with Crippen molar-refractivity contribution in [2.75, 3.05) is 5.73 Å². The molecule has 1 atom stereocenters. The van der Waals surface area contributed by atoms with Gasteiger partial charge < -0.3 is 5.73 Å². The molecule has 0 aliphatic carbocycles. The van der Waals surface area contributed by atoms with E-state index >= 15 is 0 Å². The van der Waals surface area contributed by atoms with E-state index in [2.05, 4.69) is 18.2 Å². The predicted octanol–water partition coefficient (Wildman–Crippen LogP) is 2.22. The second kappa shape index (κ2) is 5.69. The molecule has 0 aliphatic rings. The van der Waals surface area contributed by atoms with Crippen molar-refractivity contribution in [3.63, 3.8) is 0 Å². The zero-order valence-electron chi connectivity index (χ0n) is 8.42. The molecule has 14 heavy (non-hydrogen) atoms. The molecule has 0 bridgehead atoms. The molecule has 0 aromatic carbocycles. The average molecular weight is 208 g/mol. The molecule has 1 unspecified atom stereocenters. The SMILES string of the molecule is C#CC(CCC)NCc1sccc1N. The number of thiophene rings is 1. The van der Waals surface area contributed by atoms with Crippen LogP contribution in [0, 0.1) is 12.3 Å². The van der Waals surface area contributed by atoms with Crippen molar-refractivity contribution in [1.29, 1.82) is 0 Å². The highest BCUT2D eigenvalue weighted by Gasteiger charge is 2.05. The van der Waals surface area contributed by atoms with Gasteiger partial charge in [0.05, 0.1) is 6.04 Å². The lowest BCUT2D eigenvalue weighted by Gasteiger charge is -2.10. The van der Waals surface area contributed by atoms with Gasteiger partial charge in [0.25, 0.3) is 0 Å². The van der Waals surface area contributed by atoms with Crippen LogP contribution in [-0.4, -0.2) is 6.04 Å². The van der Waals surface area contributed by atoms with Gasteiger partial charge in [0.1, 0.15) is 0 Å². The van der Waals surface area contributed by atoms with Crippen LogP contribution in [0.1, 0.15) is 24.6 Å². The molecule has 3 heteroatoms. The number of terminal acetylenes is 1. The number of nitrogens with two attached hydrogens (primary N) is 1. The smallest absolute Gasteiger partial charge is 0.0689 e. The van der Waals surface area contributed by atoms with Crippen molar-refractivity contribution >= 4 is 17.0 Å². The van der Waals surface area contributed by atoms with E-state index in [-0.39, 0.29) is 6.04 Å². The summed E-state index contributed by atoms with van der Waals surface area (Å²) in [5.74, 6) is 2.74. The van der Waals surface area contributed by atoms with Gasteiger partial charge in [-0.3, -0.25) is 5.32 Å². The van der Waals surface area contributed by atoms with Gasteiger partial charge in [0.2, 0.25) is 0 Å². The summed E-state index contributed by atoms with van der Waals surface area (Å²) in [6, 6.07) is 2.09. The second-order valence-electron chi connectivity index (χ2n) is 3.19. The molecule has 0 aliphatic heterocycles. The lowest BCUT2D eigenvalue weighted by molar-refractivity contribution is 0.566. The molecule has 0 saturated carbocycles. The fraction of sp³-hybridized carbons (Fsp3) is 0.455. The molecule has 1 aromatic heterocycles. The molecule has 1 rings (SSSR count). The number of hydrogen-bond donors (Lipinski definition) is 2. The van der Waals surface area contributed by atoms with Gasteiger partial charge >= 0.3 is 0 Å². The van der Waals surface area contributed by atoms with E-state index in [1.807, 2.05) is 11.4 Å². The third-order valence-electron chi connectivity index (χ3n) is 2.07. The lowest BCUT2D eigenvalue weighted by atomic mass is 10.2. The van der Waals surface area contributed by atoms with Gasteiger partial charge in [0.15, 0.2) is 0 Å². The molecule has 0 amide bonds. The summed E-state index contributed by atoms with van der Waals surface area (Å²) >= 11 is 1.66. The Bertz CT molecular complexity index is 311. The molecular formula is C11H16N2S. The Morgan fingerprint density at radius 3 is 3.00 bits per heavy atom. The Hall–Kier alpha value is -0.980. The van der Waals surface area contributed by atoms with Crippen molar-refractivity contribution < 1.29 is 0 Å². The van der Waals surface area contributed by atoms with Crippen molar-refractivity contribution in [1.82, 2.24) is 5.32 Å². The largest absolute Gasteiger partial charge is 0.398 e. The molecule has 1 heterocycles. The fourth-order valence-electron chi connectivity index (χ4n) is 1.24.